The summed E-state index contributed by atoms with van der Waals surface area (Å²) in [6, 6.07) is 4.62. The lowest BCUT2D eigenvalue weighted by atomic mass is 10.1. The molecule has 17 heavy (non-hydrogen) atoms. The van der Waals surface area contributed by atoms with Gasteiger partial charge in [0.1, 0.15) is 12.4 Å². The number of hydrogen-bond donors (Lipinski definition) is 2. The fourth-order valence-electron chi connectivity index (χ4n) is 2.12. The van der Waals surface area contributed by atoms with Crippen LogP contribution in [0, 0.1) is 0 Å². The molecule has 1 aliphatic heterocycles. The first kappa shape index (κ1) is 12.6. The Morgan fingerprint density at radius 2 is 2.12 bits per heavy atom. The number of alkyl halides is 1. The first-order valence-electron chi connectivity index (χ1n) is 5.71. The number of nitrogens with zero attached hydrogens (tertiary/aromatic N) is 1. The van der Waals surface area contributed by atoms with E-state index in [-0.39, 0.29) is 16.8 Å². The Bertz CT molecular complexity index is 383. The second kappa shape index (κ2) is 5.67. The third-order valence-corrected chi connectivity index (χ3v) is 3.40. The zero-order chi connectivity index (χ0) is 12.3. The summed E-state index contributed by atoms with van der Waals surface area (Å²) in [7, 11) is 0. The van der Waals surface area contributed by atoms with E-state index in [1.54, 1.807) is 12.1 Å². The minimum Gasteiger partial charge on any atom is -0.506 e. The van der Waals surface area contributed by atoms with E-state index in [0.717, 1.165) is 31.7 Å². The average Bonchev–Trinajstić information content (AvgIpc) is 2.36. The van der Waals surface area contributed by atoms with Crippen molar-refractivity contribution in [1.82, 2.24) is 10.2 Å². The summed E-state index contributed by atoms with van der Waals surface area (Å²) in [6.45, 7) is 2.96. The highest BCUT2D eigenvalue weighted by Gasteiger charge is 2.22. The quantitative estimate of drug-likeness (QED) is 0.870. The number of benzene rings is 1. The number of hydrogen-bond acceptors (Lipinski definition) is 3. The van der Waals surface area contributed by atoms with Crippen LogP contribution in [0.3, 0.4) is 0 Å². The highest BCUT2D eigenvalue weighted by molar-refractivity contribution is 6.32. The normalized spacial score (nSPS) is 19.2. The van der Waals surface area contributed by atoms with E-state index in [2.05, 4.69) is 10.2 Å². The van der Waals surface area contributed by atoms with Gasteiger partial charge in [-0.25, -0.2) is 4.39 Å². The number of nitrogens with one attached hydrogen (secondary N) is 1. The van der Waals surface area contributed by atoms with Gasteiger partial charge in [-0.15, -0.1) is 0 Å². The zero-order valence-electron chi connectivity index (χ0n) is 9.50. The molecule has 0 radical (unpaired) electrons. The number of phenolic OH excluding ortho intramolecular Hbond substituents is 1. The molecule has 5 heteroatoms. The van der Waals surface area contributed by atoms with Crippen LogP contribution in [0.4, 0.5) is 4.39 Å². The maximum atomic E-state index is 13.2. The van der Waals surface area contributed by atoms with Crippen molar-refractivity contribution in [2.45, 2.75) is 6.04 Å². The lowest BCUT2D eigenvalue weighted by Crippen LogP contribution is -2.45. The Kier molecular flexibility index (Phi) is 4.20. The van der Waals surface area contributed by atoms with E-state index >= 15 is 0 Å². The molecule has 0 aromatic heterocycles. The van der Waals surface area contributed by atoms with E-state index in [4.69, 9.17) is 11.6 Å². The van der Waals surface area contributed by atoms with Gasteiger partial charge in [0, 0.05) is 26.2 Å². The molecule has 1 fully saturated rings. The molecule has 0 unspecified atom stereocenters. The second-order valence-electron chi connectivity index (χ2n) is 4.17. The van der Waals surface area contributed by atoms with Crippen LogP contribution in [-0.2, 0) is 0 Å². The van der Waals surface area contributed by atoms with Crippen molar-refractivity contribution in [2.75, 3.05) is 32.9 Å². The smallest absolute Gasteiger partial charge is 0.134 e. The van der Waals surface area contributed by atoms with Gasteiger partial charge in [-0.1, -0.05) is 17.7 Å². The molecule has 0 amide bonds. The van der Waals surface area contributed by atoms with Crippen molar-refractivity contribution in [1.29, 1.82) is 0 Å². The summed E-state index contributed by atoms with van der Waals surface area (Å²) in [5, 5.41) is 12.9. The van der Waals surface area contributed by atoms with Crippen LogP contribution < -0.4 is 5.32 Å². The molecule has 3 nitrogen and oxygen atoms in total. The Hall–Kier alpha value is -0.840. The highest BCUT2D eigenvalue weighted by atomic mass is 35.5. The minimum absolute atomic E-state index is 0.0355. The Balaban J connectivity index is 2.18. The summed E-state index contributed by atoms with van der Waals surface area (Å²) in [4.78, 5) is 2.10. The monoisotopic (exact) mass is 258 g/mol. The molecular formula is C12H16ClFN2O. The van der Waals surface area contributed by atoms with E-state index in [9.17, 15) is 9.50 Å². The van der Waals surface area contributed by atoms with Crippen LogP contribution in [0.1, 0.15) is 11.6 Å². The van der Waals surface area contributed by atoms with Crippen molar-refractivity contribution >= 4 is 11.6 Å². The largest absolute Gasteiger partial charge is 0.506 e. The Labute approximate surface area is 105 Å². The van der Waals surface area contributed by atoms with Gasteiger partial charge < -0.3 is 10.4 Å². The predicted octanol–water partition coefficient (Wildman–Crippen LogP) is 1.96. The summed E-state index contributed by atoms with van der Waals surface area (Å²) in [5.74, 6) is 0.0355. The molecule has 1 aliphatic rings. The molecule has 0 saturated carbocycles. The van der Waals surface area contributed by atoms with Crippen LogP contribution in [0.5, 0.6) is 5.75 Å². The van der Waals surface area contributed by atoms with Gasteiger partial charge in [0.2, 0.25) is 0 Å². The molecule has 2 N–H and O–H groups in total. The highest BCUT2D eigenvalue weighted by Crippen LogP contribution is 2.29. The number of piperazine rings is 1. The lowest BCUT2D eigenvalue weighted by Gasteiger charge is -2.33. The Morgan fingerprint density at radius 1 is 1.41 bits per heavy atom. The molecule has 0 bridgehead atoms. The second-order valence-corrected chi connectivity index (χ2v) is 4.57. The molecule has 2 rings (SSSR count). The van der Waals surface area contributed by atoms with Crippen LogP contribution in [-0.4, -0.2) is 42.9 Å². The molecule has 1 aromatic rings. The number of phenols is 1. The molecule has 0 spiro atoms. The summed E-state index contributed by atoms with van der Waals surface area (Å²) in [6.07, 6.45) is 0. The molecular weight excluding hydrogens is 243 g/mol. The minimum atomic E-state index is -0.443. The summed E-state index contributed by atoms with van der Waals surface area (Å²) >= 11 is 5.85. The predicted molar refractivity (Wildman–Crippen MR) is 66.3 cm³/mol. The first-order chi connectivity index (χ1) is 8.22. The number of rotatable bonds is 3. The van der Waals surface area contributed by atoms with Crippen LogP contribution >= 0.6 is 11.6 Å². The van der Waals surface area contributed by atoms with Crippen LogP contribution in [0.15, 0.2) is 18.2 Å². The molecule has 0 aliphatic carbocycles. The SMILES string of the molecule is Oc1ccc([C@H](CF)N2CCNCC2)cc1Cl. The standard InChI is InChI=1S/C12H16ClFN2O/c13-10-7-9(1-2-12(10)17)11(8-14)16-5-3-15-4-6-16/h1-2,7,11,15,17H,3-6,8H2/t11-/m0/s1. The van der Waals surface area contributed by atoms with Crippen LogP contribution in [0.2, 0.25) is 5.02 Å². The lowest BCUT2D eigenvalue weighted by molar-refractivity contribution is 0.147. The van der Waals surface area contributed by atoms with Gasteiger partial charge in [0.15, 0.2) is 0 Å². The van der Waals surface area contributed by atoms with E-state index in [1.807, 2.05) is 0 Å². The number of aromatic hydroxyl groups is 1. The molecule has 94 valence electrons. The fraction of sp³-hybridized carbons (Fsp3) is 0.500. The van der Waals surface area contributed by atoms with E-state index in [1.165, 1.54) is 6.07 Å². The Morgan fingerprint density at radius 3 is 2.71 bits per heavy atom. The molecule has 1 saturated heterocycles. The third kappa shape index (κ3) is 2.89. The summed E-state index contributed by atoms with van der Waals surface area (Å²) < 4.78 is 13.2. The van der Waals surface area contributed by atoms with Gasteiger partial charge in [-0.05, 0) is 17.7 Å². The van der Waals surface area contributed by atoms with Gasteiger partial charge in [-0.3, -0.25) is 4.90 Å². The number of halogens is 2. The van der Waals surface area contributed by atoms with Crippen molar-refractivity contribution in [3.63, 3.8) is 0 Å². The van der Waals surface area contributed by atoms with Gasteiger partial charge >= 0.3 is 0 Å². The van der Waals surface area contributed by atoms with E-state index in [0.29, 0.717) is 0 Å². The first-order valence-corrected chi connectivity index (χ1v) is 6.09. The van der Waals surface area contributed by atoms with Crippen LogP contribution in [0.25, 0.3) is 0 Å². The summed E-state index contributed by atoms with van der Waals surface area (Å²) in [5.41, 5.74) is 0.817. The van der Waals surface area contributed by atoms with Crippen molar-refractivity contribution < 1.29 is 9.50 Å². The zero-order valence-corrected chi connectivity index (χ0v) is 10.3. The van der Waals surface area contributed by atoms with Gasteiger partial charge in [-0.2, -0.15) is 0 Å². The van der Waals surface area contributed by atoms with Gasteiger partial charge in [0.25, 0.3) is 0 Å². The maximum Gasteiger partial charge on any atom is 0.134 e. The van der Waals surface area contributed by atoms with Crippen molar-refractivity contribution in [3.05, 3.63) is 28.8 Å². The fourth-order valence-corrected chi connectivity index (χ4v) is 2.31. The van der Waals surface area contributed by atoms with Crippen molar-refractivity contribution in [2.24, 2.45) is 0 Å². The van der Waals surface area contributed by atoms with Crippen molar-refractivity contribution in [3.8, 4) is 5.75 Å². The van der Waals surface area contributed by atoms with E-state index < -0.39 is 6.67 Å². The topological polar surface area (TPSA) is 35.5 Å². The molecule has 1 aromatic carbocycles. The van der Waals surface area contributed by atoms with Gasteiger partial charge in [0.05, 0.1) is 11.1 Å². The average molecular weight is 259 g/mol. The molecule has 1 atom stereocenters. The molecule has 1 heterocycles. The maximum absolute atomic E-state index is 13.2. The third-order valence-electron chi connectivity index (χ3n) is 3.10.